The predicted octanol–water partition coefficient (Wildman–Crippen LogP) is 1.76. The van der Waals surface area contributed by atoms with Crippen molar-refractivity contribution in [3.63, 3.8) is 0 Å². The molecule has 3 N–H and O–H groups in total. The van der Waals surface area contributed by atoms with Crippen molar-refractivity contribution >= 4 is 5.91 Å². The molecule has 0 spiro atoms. The predicted molar refractivity (Wildman–Crippen MR) is 63.7 cm³/mol. The van der Waals surface area contributed by atoms with Crippen LogP contribution in [-0.2, 0) is 0 Å². The Hall–Kier alpha value is -1.69. The molecule has 1 unspecified atom stereocenters. The van der Waals surface area contributed by atoms with Gasteiger partial charge in [-0.3, -0.25) is 4.79 Å². The molecule has 0 radical (unpaired) electrons. The van der Waals surface area contributed by atoms with Crippen LogP contribution in [0.1, 0.15) is 23.7 Å². The normalized spacial score (nSPS) is 12.3. The molecule has 1 amide bonds. The number of benzene rings is 1. The Balaban J connectivity index is 2.78. The number of nitrogens with two attached hydrogens (primary N) is 1. The van der Waals surface area contributed by atoms with E-state index in [1.165, 1.54) is 18.2 Å². The van der Waals surface area contributed by atoms with Gasteiger partial charge in [0.25, 0.3) is 5.91 Å². The average molecular weight is 258 g/mol. The maximum Gasteiger partial charge on any atom is 0.387 e. The summed E-state index contributed by atoms with van der Waals surface area (Å²) in [6, 6.07) is 5.75. The SMILES string of the molecule is CC(CCN)NC(=O)c1ccccc1OC(F)F. The standard InChI is InChI=1S/C12H16F2N2O2/c1-8(6-7-15)16-11(17)9-4-2-3-5-10(9)18-12(13)14/h2-5,8,12H,6-7,15H2,1H3,(H,16,17). The van der Waals surface area contributed by atoms with Crippen LogP contribution in [0.4, 0.5) is 8.78 Å². The molecule has 1 aromatic carbocycles. The summed E-state index contributed by atoms with van der Waals surface area (Å²) in [6.07, 6.45) is 0.615. The fourth-order valence-corrected chi connectivity index (χ4v) is 1.48. The van der Waals surface area contributed by atoms with Gasteiger partial charge in [0, 0.05) is 6.04 Å². The van der Waals surface area contributed by atoms with E-state index in [1.54, 1.807) is 13.0 Å². The summed E-state index contributed by atoms with van der Waals surface area (Å²) in [6.45, 7) is -0.724. The molecule has 4 nitrogen and oxygen atoms in total. The van der Waals surface area contributed by atoms with Crippen molar-refractivity contribution in [3.05, 3.63) is 29.8 Å². The summed E-state index contributed by atoms with van der Waals surface area (Å²) in [7, 11) is 0. The smallest absolute Gasteiger partial charge is 0.387 e. The molecule has 0 fully saturated rings. The minimum Gasteiger partial charge on any atom is -0.434 e. The van der Waals surface area contributed by atoms with Gasteiger partial charge >= 0.3 is 6.61 Å². The molecule has 0 aliphatic rings. The number of carbonyl (C=O) groups is 1. The van der Waals surface area contributed by atoms with Gasteiger partial charge < -0.3 is 15.8 Å². The number of rotatable bonds is 6. The molecule has 1 rings (SSSR count). The van der Waals surface area contributed by atoms with Crippen LogP contribution >= 0.6 is 0 Å². The zero-order valence-corrected chi connectivity index (χ0v) is 10.0. The first-order valence-corrected chi connectivity index (χ1v) is 5.59. The molecule has 0 heterocycles. The van der Waals surface area contributed by atoms with Gasteiger partial charge in [0.05, 0.1) is 5.56 Å². The highest BCUT2D eigenvalue weighted by Gasteiger charge is 2.16. The summed E-state index contributed by atoms with van der Waals surface area (Å²) >= 11 is 0. The molecular weight excluding hydrogens is 242 g/mol. The Morgan fingerprint density at radius 3 is 2.72 bits per heavy atom. The molecule has 0 aliphatic heterocycles. The summed E-state index contributed by atoms with van der Waals surface area (Å²) in [4.78, 5) is 11.9. The lowest BCUT2D eigenvalue weighted by Crippen LogP contribution is -2.34. The number of para-hydroxylation sites is 1. The molecule has 0 aromatic heterocycles. The topological polar surface area (TPSA) is 64.3 Å². The van der Waals surface area contributed by atoms with Gasteiger partial charge in [-0.05, 0) is 32.0 Å². The van der Waals surface area contributed by atoms with Gasteiger partial charge in [0.15, 0.2) is 0 Å². The second-order valence-electron chi connectivity index (χ2n) is 3.83. The quantitative estimate of drug-likeness (QED) is 0.817. The maximum atomic E-state index is 12.2. The fraction of sp³-hybridized carbons (Fsp3) is 0.417. The zero-order valence-electron chi connectivity index (χ0n) is 10.0. The van der Waals surface area contributed by atoms with Gasteiger partial charge in [0.1, 0.15) is 5.75 Å². The molecule has 0 aliphatic carbocycles. The van der Waals surface area contributed by atoms with Crippen LogP contribution in [0.15, 0.2) is 24.3 Å². The van der Waals surface area contributed by atoms with Crippen molar-refractivity contribution in [2.24, 2.45) is 5.73 Å². The van der Waals surface area contributed by atoms with E-state index in [0.717, 1.165) is 0 Å². The number of hydrogen-bond donors (Lipinski definition) is 2. The van der Waals surface area contributed by atoms with E-state index in [0.29, 0.717) is 13.0 Å². The highest BCUT2D eigenvalue weighted by molar-refractivity contribution is 5.97. The van der Waals surface area contributed by atoms with Gasteiger partial charge in [-0.15, -0.1) is 0 Å². The van der Waals surface area contributed by atoms with Gasteiger partial charge in [-0.1, -0.05) is 12.1 Å². The number of amides is 1. The first kappa shape index (κ1) is 14.4. The Morgan fingerprint density at radius 2 is 2.11 bits per heavy atom. The monoisotopic (exact) mass is 258 g/mol. The van der Waals surface area contributed by atoms with E-state index in [9.17, 15) is 13.6 Å². The lowest BCUT2D eigenvalue weighted by Gasteiger charge is -2.14. The minimum atomic E-state index is -2.96. The third kappa shape index (κ3) is 4.29. The molecule has 100 valence electrons. The summed E-state index contributed by atoms with van der Waals surface area (Å²) < 4.78 is 28.6. The number of hydrogen-bond acceptors (Lipinski definition) is 3. The average Bonchev–Trinajstić information content (AvgIpc) is 2.28. The van der Waals surface area contributed by atoms with Crippen LogP contribution in [0.3, 0.4) is 0 Å². The number of halogens is 2. The second kappa shape index (κ2) is 6.90. The van der Waals surface area contributed by atoms with Crippen LogP contribution in [0, 0.1) is 0 Å². The molecule has 6 heteroatoms. The Labute approximate surface area is 104 Å². The van der Waals surface area contributed by atoms with Crippen LogP contribution in [0.2, 0.25) is 0 Å². The highest BCUT2D eigenvalue weighted by Crippen LogP contribution is 2.20. The molecule has 18 heavy (non-hydrogen) atoms. The van der Waals surface area contributed by atoms with E-state index in [4.69, 9.17) is 5.73 Å². The minimum absolute atomic E-state index is 0.0849. The lowest BCUT2D eigenvalue weighted by atomic mass is 10.1. The van der Waals surface area contributed by atoms with E-state index >= 15 is 0 Å². The zero-order chi connectivity index (χ0) is 13.5. The van der Waals surface area contributed by atoms with Crippen molar-refractivity contribution in [2.75, 3.05) is 6.54 Å². The van der Waals surface area contributed by atoms with Crippen LogP contribution in [0.25, 0.3) is 0 Å². The van der Waals surface area contributed by atoms with E-state index < -0.39 is 12.5 Å². The number of alkyl halides is 2. The summed E-state index contributed by atoms with van der Waals surface area (Å²) in [5, 5.41) is 2.67. The van der Waals surface area contributed by atoms with E-state index in [2.05, 4.69) is 10.1 Å². The number of carbonyl (C=O) groups excluding carboxylic acids is 1. The lowest BCUT2D eigenvalue weighted by molar-refractivity contribution is -0.0501. The summed E-state index contributed by atoms with van der Waals surface area (Å²) in [5.41, 5.74) is 5.45. The Bertz CT molecular complexity index is 399. The van der Waals surface area contributed by atoms with E-state index in [-0.39, 0.29) is 17.4 Å². The maximum absolute atomic E-state index is 12.2. The molecular formula is C12H16F2N2O2. The first-order chi connectivity index (χ1) is 8.54. The third-order valence-corrected chi connectivity index (χ3v) is 2.32. The van der Waals surface area contributed by atoms with Gasteiger partial charge in [-0.25, -0.2) is 0 Å². The van der Waals surface area contributed by atoms with Crippen molar-refractivity contribution in [2.45, 2.75) is 26.0 Å². The Kier molecular flexibility index (Phi) is 5.51. The Morgan fingerprint density at radius 1 is 1.44 bits per heavy atom. The summed E-state index contributed by atoms with van der Waals surface area (Å²) in [5.74, 6) is -0.586. The van der Waals surface area contributed by atoms with Gasteiger partial charge in [0.2, 0.25) is 0 Å². The van der Waals surface area contributed by atoms with Crippen molar-refractivity contribution in [1.82, 2.24) is 5.32 Å². The second-order valence-corrected chi connectivity index (χ2v) is 3.83. The van der Waals surface area contributed by atoms with E-state index in [1.807, 2.05) is 0 Å². The third-order valence-electron chi connectivity index (χ3n) is 2.32. The van der Waals surface area contributed by atoms with Crippen LogP contribution in [0.5, 0.6) is 5.75 Å². The molecule has 1 atom stereocenters. The van der Waals surface area contributed by atoms with Crippen molar-refractivity contribution in [1.29, 1.82) is 0 Å². The van der Waals surface area contributed by atoms with Crippen LogP contribution in [-0.4, -0.2) is 25.1 Å². The number of ether oxygens (including phenoxy) is 1. The largest absolute Gasteiger partial charge is 0.434 e. The molecule has 0 bridgehead atoms. The molecule has 0 saturated heterocycles. The van der Waals surface area contributed by atoms with Crippen LogP contribution < -0.4 is 15.8 Å². The van der Waals surface area contributed by atoms with Gasteiger partial charge in [-0.2, -0.15) is 8.78 Å². The molecule has 1 aromatic rings. The van der Waals surface area contributed by atoms with Crippen molar-refractivity contribution in [3.8, 4) is 5.75 Å². The first-order valence-electron chi connectivity index (χ1n) is 5.59. The fourth-order valence-electron chi connectivity index (χ4n) is 1.48. The van der Waals surface area contributed by atoms with Crippen molar-refractivity contribution < 1.29 is 18.3 Å². The molecule has 0 saturated carbocycles. The highest BCUT2D eigenvalue weighted by atomic mass is 19.3. The number of nitrogens with one attached hydrogen (secondary N) is 1.